The second-order valence-corrected chi connectivity index (χ2v) is 5.50. The number of carbonyl (C=O) groups excluding carboxylic acids is 2. The lowest BCUT2D eigenvalue weighted by Gasteiger charge is -2.43. The van der Waals surface area contributed by atoms with Crippen molar-refractivity contribution in [1.29, 1.82) is 0 Å². The Labute approximate surface area is 113 Å². The van der Waals surface area contributed by atoms with Crippen molar-refractivity contribution >= 4 is 17.8 Å². The van der Waals surface area contributed by atoms with Gasteiger partial charge in [-0.1, -0.05) is 6.92 Å². The predicted octanol–water partition coefficient (Wildman–Crippen LogP) is 0.421. The van der Waals surface area contributed by atoms with Gasteiger partial charge in [0.25, 0.3) is 0 Å². The molecule has 1 aliphatic rings. The molecule has 0 spiro atoms. The van der Waals surface area contributed by atoms with E-state index in [9.17, 15) is 19.5 Å². The van der Waals surface area contributed by atoms with E-state index in [1.54, 1.807) is 34.9 Å². The Kier molecular flexibility index (Phi) is 4.55. The Morgan fingerprint density at radius 1 is 1.37 bits per heavy atom. The number of amides is 2. The Hall–Kier alpha value is -1.59. The molecule has 0 aromatic carbocycles. The van der Waals surface area contributed by atoms with Gasteiger partial charge in [-0.15, -0.1) is 0 Å². The first-order valence-electron chi connectivity index (χ1n) is 6.43. The molecule has 0 aliphatic carbocycles. The van der Waals surface area contributed by atoms with E-state index in [-0.39, 0.29) is 24.2 Å². The van der Waals surface area contributed by atoms with E-state index in [0.29, 0.717) is 0 Å². The fourth-order valence-electron chi connectivity index (χ4n) is 2.89. The van der Waals surface area contributed by atoms with E-state index in [1.807, 2.05) is 0 Å². The van der Waals surface area contributed by atoms with Crippen molar-refractivity contribution in [1.82, 2.24) is 9.80 Å². The average Bonchev–Trinajstić information content (AvgIpc) is 2.25. The number of piperidine rings is 1. The third kappa shape index (κ3) is 2.88. The van der Waals surface area contributed by atoms with E-state index < -0.39 is 24.0 Å². The quantitative estimate of drug-likeness (QED) is 0.806. The van der Waals surface area contributed by atoms with Gasteiger partial charge in [0, 0.05) is 26.6 Å². The summed E-state index contributed by atoms with van der Waals surface area (Å²) in [5, 5.41) is 9.28. The minimum atomic E-state index is -0.915. The van der Waals surface area contributed by atoms with Gasteiger partial charge in [0.2, 0.25) is 11.8 Å². The topological polar surface area (TPSA) is 77.9 Å². The number of hydrogen-bond donors (Lipinski definition) is 1. The van der Waals surface area contributed by atoms with Gasteiger partial charge in [-0.25, -0.2) is 0 Å². The maximum absolute atomic E-state index is 12.1. The normalized spacial score (nSPS) is 29.0. The van der Waals surface area contributed by atoms with Crippen LogP contribution in [-0.4, -0.2) is 58.9 Å². The van der Waals surface area contributed by atoms with E-state index in [0.717, 1.165) is 0 Å². The van der Waals surface area contributed by atoms with Crippen LogP contribution in [-0.2, 0) is 14.4 Å². The summed E-state index contributed by atoms with van der Waals surface area (Å²) in [6, 6.07) is -1.11. The first kappa shape index (κ1) is 15.5. The third-order valence-corrected chi connectivity index (χ3v) is 3.86. The molecule has 1 N–H and O–H groups in total. The number of likely N-dealkylation sites (N-methyl/N-ethyl adjacent to an activating group) is 1. The summed E-state index contributed by atoms with van der Waals surface area (Å²) in [5.41, 5.74) is 0. The fourth-order valence-corrected chi connectivity index (χ4v) is 2.89. The number of carbonyl (C=O) groups is 3. The lowest BCUT2D eigenvalue weighted by molar-refractivity contribution is -0.160. The van der Waals surface area contributed by atoms with Crippen LogP contribution >= 0.6 is 0 Å². The van der Waals surface area contributed by atoms with Gasteiger partial charge in [0.05, 0.1) is 5.92 Å². The molecular weight excluding hydrogens is 248 g/mol. The van der Waals surface area contributed by atoms with Gasteiger partial charge < -0.3 is 14.9 Å². The lowest BCUT2D eigenvalue weighted by atomic mass is 9.80. The Balaban J connectivity index is 3.02. The monoisotopic (exact) mass is 270 g/mol. The zero-order valence-corrected chi connectivity index (χ0v) is 12.1. The van der Waals surface area contributed by atoms with Crippen LogP contribution in [0.4, 0.5) is 0 Å². The van der Waals surface area contributed by atoms with Crippen LogP contribution in [0.25, 0.3) is 0 Å². The highest BCUT2D eigenvalue weighted by atomic mass is 16.4. The lowest BCUT2D eigenvalue weighted by Crippen LogP contribution is -2.59. The molecule has 1 rings (SSSR count). The third-order valence-electron chi connectivity index (χ3n) is 3.86. The molecule has 0 bridgehead atoms. The molecule has 0 aromatic heterocycles. The summed E-state index contributed by atoms with van der Waals surface area (Å²) in [7, 11) is 3.24. The number of hydrogen-bond acceptors (Lipinski definition) is 3. The van der Waals surface area contributed by atoms with Crippen LogP contribution in [0.15, 0.2) is 0 Å². The Morgan fingerprint density at radius 2 is 1.89 bits per heavy atom. The molecule has 0 radical (unpaired) electrons. The van der Waals surface area contributed by atoms with Gasteiger partial charge >= 0.3 is 5.97 Å². The first-order valence-corrected chi connectivity index (χ1v) is 6.43. The van der Waals surface area contributed by atoms with Crippen molar-refractivity contribution in [3.8, 4) is 0 Å². The van der Waals surface area contributed by atoms with E-state index in [2.05, 4.69) is 0 Å². The number of rotatable bonds is 3. The van der Waals surface area contributed by atoms with Gasteiger partial charge in [-0.2, -0.15) is 0 Å². The number of carboxylic acid groups (broad SMARTS) is 1. The van der Waals surface area contributed by atoms with Crippen LogP contribution in [0.3, 0.4) is 0 Å². The zero-order chi connectivity index (χ0) is 14.9. The minimum absolute atomic E-state index is 0.153. The Bertz CT molecular complexity index is 394. The maximum Gasteiger partial charge on any atom is 0.308 e. The predicted molar refractivity (Wildman–Crippen MR) is 69.4 cm³/mol. The fraction of sp³-hybridized carbons (Fsp3) is 0.769. The highest BCUT2D eigenvalue weighted by Crippen LogP contribution is 2.31. The number of carboxylic acids is 1. The number of likely N-dealkylation sites (tertiary alicyclic amines) is 1. The average molecular weight is 270 g/mol. The van der Waals surface area contributed by atoms with E-state index >= 15 is 0 Å². The highest BCUT2D eigenvalue weighted by molar-refractivity contribution is 5.89. The standard InChI is InChI=1S/C13H22N2O4/c1-7-6-10(16)15(8(2)11(7)13(18)19)9(3)12(17)14(4)5/h7-9,11H,6H2,1-5H3,(H,18,19). The van der Waals surface area contributed by atoms with Gasteiger partial charge in [0.15, 0.2) is 0 Å². The van der Waals surface area contributed by atoms with Gasteiger partial charge in [-0.3, -0.25) is 14.4 Å². The molecule has 4 atom stereocenters. The van der Waals surface area contributed by atoms with Crippen molar-refractivity contribution in [3.05, 3.63) is 0 Å². The summed E-state index contributed by atoms with van der Waals surface area (Å²) in [5.74, 6) is -2.10. The van der Waals surface area contributed by atoms with Crippen molar-refractivity contribution in [2.75, 3.05) is 14.1 Å². The second-order valence-electron chi connectivity index (χ2n) is 5.50. The smallest absolute Gasteiger partial charge is 0.308 e. The maximum atomic E-state index is 12.1. The molecular formula is C13H22N2O4. The first-order chi connectivity index (χ1) is 8.68. The Morgan fingerprint density at radius 3 is 2.32 bits per heavy atom. The van der Waals surface area contributed by atoms with Crippen LogP contribution in [0, 0.1) is 11.8 Å². The van der Waals surface area contributed by atoms with Crippen LogP contribution in [0.1, 0.15) is 27.2 Å². The molecule has 108 valence electrons. The summed E-state index contributed by atoms with van der Waals surface area (Å²) in [4.78, 5) is 38.2. The summed E-state index contributed by atoms with van der Waals surface area (Å²) < 4.78 is 0. The largest absolute Gasteiger partial charge is 0.481 e. The van der Waals surface area contributed by atoms with Crippen molar-refractivity contribution in [3.63, 3.8) is 0 Å². The molecule has 2 amide bonds. The number of aliphatic carboxylic acids is 1. The summed E-state index contributed by atoms with van der Waals surface area (Å²) in [6.45, 7) is 5.11. The zero-order valence-electron chi connectivity index (χ0n) is 12.1. The SMILES string of the molecule is CC1CC(=O)N(C(C)C(=O)N(C)C)C(C)C1C(=O)O. The second kappa shape index (κ2) is 5.59. The van der Waals surface area contributed by atoms with Crippen molar-refractivity contribution in [2.45, 2.75) is 39.3 Å². The van der Waals surface area contributed by atoms with Crippen molar-refractivity contribution in [2.24, 2.45) is 11.8 Å². The molecule has 6 heteroatoms. The van der Waals surface area contributed by atoms with Crippen LogP contribution in [0.5, 0.6) is 0 Å². The molecule has 1 fully saturated rings. The van der Waals surface area contributed by atoms with Crippen molar-refractivity contribution < 1.29 is 19.5 Å². The van der Waals surface area contributed by atoms with E-state index in [4.69, 9.17) is 0 Å². The van der Waals surface area contributed by atoms with Gasteiger partial charge in [-0.05, 0) is 19.8 Å². The molecule has 6 nitrogen and oxygen atoms in total. The van der Waals surface area contributed by atoms with Crippen LogP contribution in [0.2, 0.25) is 0 Å². The molecule has 1 aliphatic heterocycles. The molecule has 1 heterocycles. The molecule has 19 heavy (non-hydrogen) atoms. The van der Waals surface area contributed by atoms with Gasteiger partial charge in [0.1, 0.15) is 6.04 Å². The van der Waals surface area contributed by atoms with Crippen LogP contribution < -0.4 is 0 Å². The molecule has 0 saturated carbocycles. The highest BCUT2D eigenvalue weighted by Gasteiger charge is 2.44. The number of nitrogens with zero attached hydrogens (tertiary/aromatic N) is 2. The minimum Gasteiger partial charge on any atom is -0.481 e. The molecule has 4 unspecified atom stereocenters. The van der Waals surface area contributed by atoms with E-state index in [1.165, 1.54) is 9.80 Å². The molecule has 1 saturated heterocycles. The summed E-state index contributed by atoms with van der Waals surface area (Å²) >= 11 is 0. The summed E-state index contributed by atoms with van der Waals surface area (Å²) in [6.07, 6.45) is 0.173. The molecule has 0 aromatic rings.